The Morgan fingerprint density at radius 1 is 1.27 bits per heavy atom. The predicted molar refractivity (Wildman–Crippen MR) is 100 cm³/mol. The lowest BCUT2D eigenvalue weighted by Crippen LogP contribution is -2.56. The van der Waals surface area contributed by atoms with Gasteiger partial charge in [0.05, 0.1) is 12.5 Å². The van der Waals surface area contributed by atoms with E-state index >= 15 is 0 Å². The maximum Gasteiger partial charge on any atom is 0.308 e. The van der Waals surface area contributed by atoms with E-state index in [-0.39, 0.29) is 36.2 Å². The fourth-order valence-electron chi connectivity index (χ4n) is 3.98. The van der Waals surface area contributed by atoms with Crippen LogP contribution in [0.2, 0.25) is 0 Å². The number of amides is 1. The molecule has 7 nitrogen and oxygen atoms in total. The molecule has 26 heavy (non-hydrogen) atoms. The standard InChI is InChI=1S/C18H28N4O3.ClH/c1-2-25-16(23)14-4-6-15(7-5-14)21-17(24)18(8-11-19-12-9-18)22-13-3-10-20-22;/h3,10,13-15,19H,2,4-9,11-12H2,1H3,(H,21,24);1H. The number of nitrogens with one attached hydrogen (secondary N) is 2. The molecule has 1 aromatic heterocycles. The van der Waals surface area contributed by atoms with E-state index in [0.717, 1.165) is 51.6 Å². The number of rotatable bonds is 5. The monoisotopic (exact) mass is 384 g/mol. The molecule has 0 bridgehead atoms. The van der Waals surface area contributed by atoms with Crippen LogP contribution in [0.25, 0.3) is 0 Å². The zero-order valence-corrected chi connectivity index (χ0v) is 16.1. The van der Waals surface area contributed by atoms with Crippen LogP contribution in [-0.2, 0) is 19.9 Å². The fraction of sp³-hybridized carbons (Fsp3) is 0.722. The van der Waals surface area contributed by atoms with Crippen molar-refractivity contribution in [2.75, 3.05) is 19.7 Å². The number of nitrogens with zero attached hydrogens (tertiary/aromatic N) is 2. The van der Waals surface area contributed by atoms with Crippen LogP contribution in [-0.4, -0.2) is 47.4 Å². The fourth-order valence-corrected chi connectivity index (χ4v) is 3.98. The third-order valence-electron chi connectivity index (χ3n) is 5.48. The lowest BCUT2D eigenvalue weighted by atomic mass is 9.84. The van der Waals surface area contributed by atoms with Crippen molar-refractivity contribution in [2.45, 2.75) is 57.0 Å². The van der Waals surface area contributed by atoms with Gasteiger partial charge in [0.15, 0.2) is 0 Å². The minimum Gasteiger partial charge on any atom is -0.466 e. The zero-order valence-electron chi connectivity index (χ0n) is 15.3. The summed E-state index contributed by atoms with van der Waals surface area (Å²) in [5.74, 6) is -0.0667. The molecule has 0 spiro atoms. The highest BCUT2D eigenvalue weighted by Crippen LogP contribution is 2.30. The van der Waals surface area contributed by atoms with E-state index in [2.05, 4.69) is 15.7 Å². The molecule has 1 aliphatic heterocycles. The molecule has 1 saturated carbocycles. The Kier molecular flexibility index (Phi) is 7.46. The van der Waals surface area contributed by atoms with Gasteiger partial charge >= 0.3 is 5.97 Å². The van der Waals surface area contributed by atoms with Gasteiger partial charge in [0.25, 0.3) is 0 Å². The van der Waals surface area contributed by atoms with Crippen molar-refractivity contribution in [3.8, 4) is 0 Å². The molecule has 8 heteroatoms. The molecular weight excluding hydrogens is 356 g/mol. The Balaban J connectivity index is 0.00000243. The highest BCUT2D eigenvalue weighted by molar-refractivity contribution is 5.85. The van der Waals surface area contributed by atoms with Crippen LogP contribution in [0.3, 0.4) is 0 Å². The summed E-state index contributed by atoms with van der Waals surface area (Å²) in [5, 5.41) is 10.9. The number of carbonyl (C=O) groups is 2. The Labute approximate surface area is 160 Å². The number of piperidine rings is 1. The molecule has 0 radical (unpaired) electrons. The van der Waals surface area contributed by atoms with E-state index in [1.807, 2.05) is 23.9 Å². The number of aromatic nitrogens is 2. The van der Waals surface area contributed by atoms with Crippen LogP contribution in [0.5, 0.6) is 0 Å². The molecule has 0 atom stereocenters. The smallest absolute Gasteiger partial charge is 0.308 e. The van der Waals surface area contributed by atoms with Crippen molar-refractivity contribution in [2.24, 2.45) is 5.92 Å². The zero-order chi connectivity index (χ0) is 17.7. The first kappa shape index (κ1) is 20.7. The second-order valence-electron chi connectivity index (χ2n) is 7.01. The van der Waals surface area contributed by atoms with Crippen LogP contribution in [0.1, 0.15) is 45.4 Å². The molecule has 1 aliphatic carbocycles. The van der Waals surface area contributed by atoms with Gasteiger partial charge in [-0.25, -0.2) is 0 Å². The van der Waals surface area contributed by atoms with Gasteiger partial charge in [-0.1, -0.05) is 0 Å². The quantitative estimate of drug-likeness (QED) is 0.753. The second-order valence-corrected chi connectivity index (χ2v) is 7.01. The summed E-state index contributed by atoms with van der Waals surface area (Å²) in [7, 11) is 0. The molecule has 2 heterocycles. The third-order valence-corrected chi connectivity index (χ3v) is 5.48. The Hall–Kier alpha value is -1.60. The van der Waals surface area contributed by atoms with E-state index in [1.165, 1.54) is 0 Å². The van der Waals surface area contributed by atoms with Crippen molar-refractivity contribution in [3.05, 3.63) is 18.5 Å². The lowest BCUT2D eigenvalue weighted by molar-refractivity contribution is -0.149. The first-order valence-corrected chi connectivity index (χ1v) is 9.34. The minimum atomic E-state index is -0.604. The van der Waals surface area contributed by atoms with E-state index in [4.69, 9.17) is 4.74 Å². The first-order chi connectivity index (χ1) is 12.2. The van der Waals surface area contributed by atoms with E-state index in [1.54, 1.807) is 6.20 Å². The van der Waals surface area contributed by atoms with Gasteiger partial charge in [-0.2, -0.15) is 5.10 Å². The number of carbonyl (C=O) groups excluding carboxylic acids is 2. The van der Waals surface area contributed by atoms with E-state index in [9.17, 15) is 9.59 Å². The molecule has 2 N–H and O–H groups in total. The summed E-state index contributed by atoms with van der Waals surface area (Å²) in [6.45, 7) is 3.87. The molecule has 1 saturated heterocycles. The summed E-state index contributed by atoms with van der Waals surface area (Å²) in [5.41, 5.74) is -0.604. The average molecular weight is 385 g/mol. The van der Waals surface area contributed by atoms with Crippen LogP contribution in [0.15, 0.2) is 18.5 Å². The van der Waals surface area contributed by atoms with Gasteiger partial charge in [0.1, 0.15) is 5.54 Å². The van der Waals surface area contributed by atoms with Crippen molar-refractivity contribution in [3.63, 3.8) is 0 Å². The maximum atomic E-state index is 13.1. The van der Waals surface area contributed by atoms with Crippen LogP contribution < -0.4 is 10.6 Å². The van der Waals surface area contributed by atoms with Crippen molar-refractivity contribution in [1.82, 2.24) is 20.4 Å². The number of hydrogen-bond donors (Lipinski definition) is 2. The number of hydrogen-bond acceptors (Lipinski definition) is 5. The first-order valence-electron chi connectivity index (χ1n) is 9.34. The van der Waals surface area contributed by atoms with Crippen LogP contribution >= 0.6 is 12.4 Å². The average Bonchev–Trinajstić information content (AvgIpc) is 3.18. The Morgan fingerprint density at radius 3 is 2.54 bits per heavy atom. The number of ether oxygens (including phenoxy) is 1. The van der Waals surface area contributed by atoms with Gasteiger partial charge in [0, 0.05) is 18.4 Å². The van der Waals surface area contributed by atoms with E-state index in [0.29, 0.717) is 6.61 Å². The topological polar surface area (TPSA) is 85.2 Å². The summed E-state index contributed by atoms with van der Waals surface area (Å²) < 4.78 is 6.93. The Bertz CT molecular complexity index is 579. The largest absolute Gasteiger partial charge is 0.466 e. The second kappa shape index (κ2) is 9.37. The van der Waals surface area contributed by atoms with Gasteiger partial charge in [-0.15, -0.1) is 12.4 Å². The number of esters is 1. The number of halogens is 1. The molecule has 3 rings (SSSR count). The van der Waals surface area contributed by atoms with Gasteiger partial charge in [0.2, 0.25) is 5.91 Å². The van der Waals surface area contributed by atoms with Gasteiger partial charge in [-0.05, 0) is 64.6 Å². The highest BCUT2D eigenvalue weighted by Gasteiger charge is 2.43. The molecule has 0 aromatic carbocycles. The molecule has 1 amide bonds. The third kappa shape index (κ3) is 4.38. The molecule has 146 valence electrons. The van der Waals surface area contributed by atoms with E-state index < -0.39 is 5.54 Å². The molecule has 0 unspecified atom stereocenters. The van der Waals surface area contributed by atoms with Crippen LogP contribution in [0.4, 0.5) is 0 Å². The normalized spacial score (nSPS) is 25.0. The lowest BCUT2D eigenvalue weighted by Gasteiger charge is -2.38. The van der Waals surface area contributed by atoms with Crippen molar-refractivity contribution >= 4 is 24.3 Å². The highest BCUT2D eigenvalue weighted by atomic mass is 35.5. The molecule has 2 aliphatic rings. The van der Waals surface area contributed by atoms with Crippen LogP contribution in [0, 0.1) is 5.92 Å². The molecular formula is C18H29ClN4O3. The SMILES string of the molecule is CCOC(=O)C1CCC(NC(=O)C2(n3cccn3)CCNCC2)CC1.Cl. The van der Waals surface area contributed by atoms with Crippen molar-refractivity contribution in [1.29, 1.82) is 0 Å². The maximum absolute atomic E-state index is 13.1. The minimum absolute atomic E-state index is 0. The summed E-state index contributed by atoms with van der Waals surface area (Å²) >= 11 is 0. The van der Waals surface area contributed by atoms with Crippen molar-refractivity contribution < 1.29 is 14.3 Å². The molecule has 1 aromatic rings. The molecule has 2 fully saturated rings. The Morgan fingerprint density at radius 2 is 1.96 bits per heavy atom. The van der Waals surface area contributed by atoms with Gasteiger partial charge < -0.3 is 15.4 Å². The summed E-state index contributed by atoms with van der Waals surface area (Å²) in [6, 6.07) is 1.99. The summed E-state index contributed by atoms with van der Waals surface area (Å²) in [6.07, 6.45) is 8.27. The predicted octanol–water partition coefficient (Wildman–Crippen LogP) is 1.62. The van der Waals surface area contributed by atoms with Gasteiger partial charge in [-0.3, -0.25) is 14.3 Å². The summed E-state index contributed by atoms with van der Waals surface area (Å²) in [4.78, 5) is 25.0.